The number of nitrogen functional groups attached to an aromatic ring is 1. The van der Waals surface area contributed by atoms with Crippen LogP contribution in [0.4, 0.5) is 20.2 Å². The third kappa shape index (κ3) is 2.85. The highest BCUT2D eigenvalue weighted by Crippen LogP contribution is 2.37. The second-order valence-electron chi connectivity index (χ2n) is 5.43. The van der Waals surface area contributed by atoms with Crippen LogP contribution in [-0.2, 0) is 4.79 Å². The van der Waals surface area contributed by atoms with Gasteiger partial charge in [0.05, 0.1) is 5.69 Å². The van der Waals surface area contributed by atoms with Gasteiger partial charge in [-0.2, -0.15) is 0 Å². The maximum absolute atomic E-state index is 13.6. The molecule has 3 nitrogen and oxygen atoms in total. The molecule has 0 aromatic heterocycles. The molecule has 0 saturated heterocycles. The molecule has 0 radical (unpaired) electrons. The average Bonchev–Trinajstić information content (AvgIpc) is 2.34. The van der Waals surface area contributed by atoms with E-state index < -0.39 is 17.0 Å². The van der Waals surface area contributed by atoms with E-state index in [-0.39, 0.29) is 17.3 Å². The van der Waals surface area contributed by atoms with Crippen LogP contribution >= 0.6 is 0 Å². The summed E-state index contributed by atoms with van der Waals surface area (Å²) in [6.07, 6.45) is 4.66. The lowest BCUT2D eigenvalue weighted by atomic mass is 9.75. The predicted octanol–water partition coefficient (Wildman–Crippen LogP) is 3.46. The molecule has 3 N–H and O–H groups in total. The fourth-order valence-corrected chi connectivity index (χ4v) is 2.55. The number of nitrogens with one attached hydrogen (secondary N) is 1. The van der Waals surface area contributed by atoms with Gasteiger partial charge in [-0.3, -0.25) is 4.79 Å². The topological polar surface area (TPSA) is 55.1 Å². The molecule has 1 aromatic rings. The highest BCUT2D eigenvalue weighted by atomic mass is 19.1. The number of hydrogen-bond donors (Lipinski definition) is 2. The van der Waals surface area contributed by atoms with Gasteiger partial charge in [-0.25, -0.2) is 8.78 Å². The maximum atomic E-state index is 13.6. The van der Waals surface area contributed by atoms with Crippen molar-refractivity contribution in [2.45, 2.75) is 39.0 Å². The molecule has 19 heavy (non-hydrogen) atoms. The molecule has 0 aliphatic heterocycles. The first-order chi connectivity index (χ1) is 8.92. The van der Waals surface area contributed by atoms with E-state index in [4.69, 9.17) is 5.73 Å². The van der Waals surface area contributed by atoms with Crippen LogP contribution in [0.3, 0.4) is 0 Å². The molecule has 0 spiro atoms. The molecular formula is C14H18F2N2O. The Morgan fingerprint density at radius 2 is 1.89 bits per heavy atom. The number of nitrogens with two attached hydrogens (primary N) is 1. The van der Waals surface area contributed by atoms with Gasteiger partial charge in [-0.05, 0) is 18.9 Å². The third-order valence-corrected chi connectivity index (χ3v) is 3.83. The van der Waals surface area contributed by atoms with Crippen molar-refractivity contribution in [3.8, 4) is 0 Å². The van der Waals surface area contributed by atoms with Crippen molar-refractivity contribution in [2.75, 3.05) is 11.1 Å². The summed E-state index contributed by atoms with van der Waals surface area (Å²) in [6, 6.07) is 1.72. The molecular weight excluding hydrogens is 250 g/mol. The van der Waals surface area contributed by atoms with Crippen LogP contribution in [-0.4, -0.2) is 5.91 Å². The Hall–Kier alpha value is -1.65. The second kappa shape index (κ2) is 5.15. The van der Waals surface area contributed by atoms with Crippen molar-refractivity contribution in [3.05, 3.63) is 23.8 Å². The van der Waals surface area contributed by atoms with Gasteiger partial charge >= 0.3 is 0 Å². The minimum atomic E-state index is -0.842. The van der Waals surface area contributed by atoms with E-state index in [0.29, 0.717) is 0 Å². The van der Waals surface area contributed by atoms with Crippen LogP contribution in [0.1, 0.15) is 39.0 Å². The third-order valence-electron chi connectivity index (χ3n) is 3.83. The summed E-state index contributed by atoms with van der Waals surface area (Å²) >= 11 is 0. The molecule has 1 aromatic carbocycles. The molecule has 5 heteroatoms. The molecule has 0 bridgehead atoms. The quantitative estimate of drug-likeness (QED) is 0.807. The van der Waals surface area contributed by atoms with Crippen molar-refractivity contribution in [1.82, 2.24) is 0 Å². The van der Waals surface area contributed by atoms with Gasteiger partial charge in [0.1, 0.15) is 11.5 Å². The van der Waals surface area contributed by atoms with E-state index in [1.807, 2.05) is 6.92 Å². The van der Waals surface area contributed by atoms with Crippen molar-refractivity contribution in [1.29, 1.82) is 0 Å². The number of hydrogen-bond acceptors (Lipinski definition) is 2. The number of amides is 1. The highest BCUT2D eigenvalue weighted by molar-refractivity contribution is 5.97. The monoisotopic (exact) mass is 268 g/mol. The Morgan fingerprint density at radius 3 is 2.47 bits per heavy atom. The predicted molar refractivity (Wildman–Crippen MR) is 70.6 cm³/mol. The van der Waals surface area contributed by atoms with Crippen LogP contribution in [0.5, 0.6) is 0 Å². The maximum Gasteiger partial charge on any atom is 0.230 e. The first-order valence-corrected chi connectivity index (χ1v) is 6.48. The Balaban J connectivity index is 2.19. The lowest BCUT2D eigenvalue weighted by Gasteiger charge is -2.32. The number of anilines is 2. The summed E-state index contributed by atoms with van der Waals surface area (Å²) in [7, 11) is 0. The molecule has 1 aliphatic rings. The minimum absolute atomic E-state index is 0.0924. The van der Waals surface area contributed by atoms with Gasteiger partial charge in [0.25, 0.3) is 0 Å². The number of carbonyl (C=O) groups excluding carboxylic acids is 1. The lowest BCUT2D eigenvalue weighted by Crippen LogP contribution is -2.35. The molecule has 104 valence electrons. The fraction of sp³-hybridized carbons (Fsp3) is 0.500. The van der Waals surface area contributed by atoms with Gasteiger partial charge in [0, 0.05) is 11.5 Å². The average molecular weight is 268 g/mol. The molecule has 0 atom stereocenters. The number of rotatable bonds is 2. The number of carbonyl (C=O) groups is 1. The first-order valence-electron chi connectivity index (χ1n) is 6.48. The Labute approximate surface area is 111 Å². The van der Waals surface area contributed by atoms with E-state index in [9.17, 15) is 13.6 Å². The zero-order chi connectivity index (χ0) is 14.0. The minimum Gasteiger partial charge on any atom is -0.397 e. The van der Waals surface area contributed by atoms with Crippen molar-refractivity contribution >= 4 is 17.3 Å². The summed E-state index contributed by atoms with van der Waals surface area (Å²) < 4.78 is 26.6. The summed E-state index contributed by atoms with van der Waals surface area (Å²) in [5.41, 5.74) is 4.83. The van der Waals surface area contributed by atoms with E-state index in [2.05, 4.69) is 5.32 Å². The first kappa shape index (κ1) is 13.8. The van der Waals surface area contributed by atoms with Crippen molar-refractivity contribution in [3.63, 3.8) is 0 Å². The fourth-order valence-electron chi connectivity index (χ4n) is 2.55. The van der Waals surface area contributed by atoms with E-state index >= 15 is 0 Å². The van der Waals surface area contributed by atoms with E-state index in [1.165, 1.54) is 0 Å². The highest BCUT2D eigenvalue weighted by Gasteiger charge is 2.35. The summed E-state index contributed by atoms with van der Waals surface area (Å²) in [6.45, 7) is 1.87. The van der Waals surface area contributed by atoms with Crippen LogP contribution in [0.25, 0.3) is 0 Å². The zero-order valence-corrected chi connectivity index (χ0v) is 10.9. The summed E-state index contributed by atoms with van der Waals surface area (Å²) in [5.74, 6) is -1.84. The Morgan fingerprint density at radius 1 is 1.26 bits per heavy atom. The lowest BCUT2D eigenvalue weighted by molar-refractivity contribution is -0.126. The molecule has 1 amide bonds. The van der Waals surface area contributed by atoms with Gasteiger partial charge < -0.3 is 11.1 Å². The molecule has 1 fully saturated rings. The number of halogens is 2. The Kier molecular flexibility index (Phi) is 3.73. The van der Waals surface area contributed by atoms with Crippen molar-refractivity contribution < 1.29 is 13.6 Å². The van der Waals surface area contributed by atoms with E-state index in [0.717, 1.165) is 44.2 Å². The standard InChI is InChI=1S/C14H18F2N2O/c1-14(5-3-2-4-6-14)13(19)18-12-10(16)7-9(15)8-11(12)17/h7-8H,2-6,17H2,1H3,(H,18,19). The SMILES string of the molecule is CC1(C(=O)Nc2c(N)cc(F)cc2F)CCCCC1. The van der Waals surface area contributed by atoms with Crippen molar-refractivity contribution in [2.24, 2.45) is 5.41 Å². The molecule has 0 heterocycles. The summed E-state index contributed by atoms with van der Waals surface area (Å²) in [4.78, 5) is 12.3. The van der Waals surface area contributed by atoms with Crippen LogP contribution < -0.4 is 11.1 Å². The van der Waals surface area contributed by atoms with Gasteiger partial charge in [-0.1, -0.05) is 26.2 Å². The zero-order valence-electron chi connectivity index (χ0n) is 10.9. The smallest absolute Gasteiger partial charge is 0.230 e. The van der Waals surface area contributed by atoms with Gasteiger partial charge in [0.2, 0.25) is 5.91 Å². The largest absolute Gasteiger partial charge is 0.397 e. The molecule has 1 saturated carbocycles. The van der Waals surface area contributed by atoms with Crippen LogP contribution in [0.2, 0.25) is 0 Å². The molecule has 2 rings (SSSR count). The summed E-state index contributed by atoms with van der Waals surface area (Å²) in [5, 5.41) is 2.51. The second-order valence-corrected chi connectivity index (χ2v) is 5.43. The molecule has 0 unspecified atom stereocenters. The van der Waals surface area contributed by atoms with Crippen LogP contribution in [0, 0.1) is 17.0 Å². The van der Waals surface area contributed by atoms with Gasteiger partial charge in [-0.15, -0.1) is 0 Å². The van der Waals surface area contributed by atoms with Gasteiger partial charge in [0.15, 0.2) is 5.82 Å². The Bertz CT molecular complexity index is 473. The molecule has 1 aliphatic carbocycles. The van der Waals surface area contributed by atoms with Crippen LogP contribution in [0.15, 0.2) is 12.1 Å². The number of benzene rings is 1. The normalized spacial score (nSPS) is 18.1. The van der Waals surface area contributed by atoms with E-state index in [1.54, 1.807) is 0 Å².